The van der Waals surface area contributed by atoms with Gasteiger partial charge in [-0.1, -0.05) is 37.6 Å². The second-order valence-corrected chi connectivity index (χ2v) is 5.15. The molecule has 0 saturated carbocycles. The average molecular weight is 203 g/mol. The normalized spacial score (nSPS) is 23.5. The van der Waals surface area contributed by atoms with E-state index < -0.39 is 0 Å². The summed E-state index contributed by atoms with van der Waals surface area (Å²) in [4.78, 5) is 0. The van der Waals surface area contributed by atoms with Gasteiger partial charge < -0.3 is 5.32 Å². The minimum atomic E-state index is 0.284. The Labute approximate surface area is 92.9 Å². The summed E-state index contributed by atoms with van der Waals surface area (Å²) in [6.45, 7) is 7.91. The molecule has 1 aliphatic rings. The zero-order valence-electron chi connectivity index (χ0n) is 10.0. The van der Waals surface area contributed by atoms with Crippen molar-refractivity contribution in [2.75, 3.05) is 6.54 Å². The van der Waals surface area contributed by atoms with Crippen LogP contribution in [-0.2, 0) is 6.42 Å². The Morgan fingerprint density at radius 3 is 2.33 bits per heavy atom. The molecule has 1 heterocycles. The van der Waals surface area contributed by atoms with Crippen LogP contribution in [0.5, 0.6) is 0 Å². The van der Waals surface area contributed by atoms with Crippen molar-refractivity contribution >= 4 is 0 Å². The zero-order valence-corrected chi connectivity index (χ0v) is 10.0. The molecule has 1 aliphatic heterocycles. The number of rotatable bonds is 3. The standard InChI is InChI=1S/C14H21N/c1-4-5-11-6-8-12(9-7-11)13-10-15-14(13,2)3/h6-9,13,15H,4-5,10H2,1-3H3. The van der Waals surface area contributed by atoms with Crippen LogP contribution in [0.25, 0.3) is 0 Å². The lowest BCUT2D eigenvalue weighted by atomic mass is 9.75. The summed E-state index contributed by atoms with van der Waals surface area (Å²) < 4.78 is 0. The van der Waals surface area contributed by atoms with Gasteiger partial charge in [-0.2, -0.15) is 0 Å². The molecule has 1 atom stereocenters. The fourth-order valence-electron chi connectivity index (χ4n) is 2.35. The minimum absolute atomic E-state index is 0.284. The molecule has 1 heteroatoms. The van der Waals surface area contributed by atoms with Gasteiger partial charge in [0.15, 0.2) is 0 Å². The summed E-state index contributed by atoms with van der Waals surface area (Å²) in [6.07, 6.45) is 2.43. The Morgan fingerprint density at radius 1 is 1.27 bits per heavy atom. The Bertz CT molecular complexity index is 324. The molecule has 1 aromatic carbocycles. The van der Waals surface area contributed by atoms with Crippen molar-refractivity contribution < 1.29 is 0 Å². The summed E-state index contributed by atoms with van der Waals surface area (Å²) in [5.41, 5.74) is 3.23. The van der Waals surface area contributed by atoms with Gasteiger partial charge in [-0.15, -0.1) is 0 Å². The lowest BCUT2D eigenvalue weighted by Crippen LogP contribution is -2.59. The molecule has 1 saturated heterocycles. The van der Waals surface area contributed by atoms with Crippen LogP contribution in [0.2, 0.25) is 0 Å². The molecule has 0 aliphatic carbocycles. The van der Waals surface area contributed by atoms with E-state index in [-0.39, 0.29) is 5.54 Å². The molecule has 0 radical (unpaired) electrons. The number of hydrogen-bond acceptors (Lipinski definition) is 1. The third-order valence-electron chi connectivity index (χ3n) is 3.55. The van der Waals surface area contributed by atoms with Crippen LogP contribution in [0.1, 0.15) is 44.2 Å². The van der Waals surface area contributed by atoms with Gasteiger partial charge in [0.2, 0.25) is 0 Å². The van der Waals surface area contributed by atoms with Gasteiger partial charge in [-0.05, 0) is 31.4 Å². The Hall–Kier alpha value is -0.820. The lowest BCUT2D eigenvalue weighted by molar-refractivity contribution is 0.208. The number of benzene rings is 1. The highest BCUT2D eigenvalue weighted by molar-refractivity contribution is 5.30. The smallest absolute Gasteiger partial charge is 0.0206 e. The summed E-state index contributed by atoms with van der Waals surface area (Å²) in [6, 6.07) is 9.18. The molecule has 1 fully saturated rings. The zero-order chi connectivity index (χ0) is 10.9. The summed E-state index contributed by atoms with van der Waals surface area (Å²) >= 11 is 0. The summed E-state index contributed by atoms with van der Waals surface area (Å²) in [5, 5.41) is 3.47. The molecular formula is C14H21N. The number of nitrogens with one attached hydrogen (secondary N) is 1. The largest absolute Gasteiger partial charge is 0.310 e. The van der Waals surface area contributed by atoms with Gasteiger partial charge in [0.1, 0.15) is 0 Å². The SMILES string of the molecule is CCCc1ccc(C2CNC2(C)C)cc1. The van der Waals surface area contributed by atoms with E-state index in [1.54, 1.807) is 0 Å². The summed E-state index contributed by atoms with van der Waals surface area (Å²) in [5.74, 6) is 0.688. The molecular weight excluding hydrogens is 182 g/mol. The topological polar surface area (TPSA) is 12.0 Å². The summed E-state index contributed by atoms with van der Waals surface area (Å²) in [7, 11) is 0. The van der Waals surface area contributed by atoms with E-state index in [0.717, 1.165) is 6.54 Å². The van der Waals surface area contributed by atoms with Crippen LogP contribution in [0.15, 0.2) is 24.3 Å². The number of hydrogen-bond donors (Lipinski definition) is 1. The van der Waals surface area contributed by atoms with Crippen LogP contribution < -0.4 is 5.32 Å². The van der Waals surface area contributed by atoms with Crippen LogP contribution in [0, 0.1) is 0 Å². The Balaban J connectivity index is 2.10. The second-order valence-electron chi connectivity index (χ2n) is 5.15. The molecule has 1 nitrogen and oxygen atoms in total. The van der Waals surface area contributed by atoms with Gasteiger partial charge in [0.05, 0.1) is 0 Å². The molecule has 2 rings (SSSR count). The average Bonchev–Trinajstić information content (AvgIpc) is 2.20. The van der Waals surface area contributed by atoms with E-state index >= 15 is 0 Å². The molecule has 0 aromatic heterocycles. The predicted molar refractivity (Wildman–Crippen MR) is 65.3 cm³/mol. The Morgan fingerprint density at radius 2 is 1.93 bits per heavy atom. The molecule has 1 unspecified atom stereocenters. The van der Waals surface area contributed by atoms with Crippen LogP contribution in [0.3, 0.4) is 0 Å². The van der Waals surface area contributed by atoms with E-state index in [1.165, 1.54) is 24.0 Å². The van der Waals surface area contributed by atoms with Crippen LogP contribution in [-0.4, -0.2) is 12.1 Å². The van der Waals surface area contributed by atoms with Crippen molar-refractivity contribution in [2.45, 2.75) is 45.1 Å². The van der Waals surface area contributed by atoms with Crippen LogP contribution >= 0.6 is 0 Å². The lowest BCUT2D eigenvalue weighted by Gasteiger charge is -2.46. The fourth-order valence-corrected chi connectivity index (χ4v) is 2.35. The number of aryl methyl sites for hydroxylation is 1. The van der Waals surface area contributed by atoms with Crippen molar-refractivity contribution in [3.63, 3.8) is 0 Å². The highest BCUT2D eigenvalue weighted by Gasteiger charge is 2.38. The maximum atomic E-state index is 3.47. The van der Waals surface area contributed by atoms with Crippen molar-refractivity contribution in [3.05, 3.63) is 35.4 Å². The van der Waals surface area contributed by atoms with Crippen molar-refractivity contribution in [3.8, 4) is 0 Å². The highest BCUT2D eigenvalue weighted by Crippen LogP contribution is 2.34. The molecule has 0 amide bonds. The molecule has 0 bridgehead atoms. The van der Waals surface area contributed by atoms with E-state index in [4.69, 9.17) is 0 Å². The molecule has 82 valence electrons. The first-order valence-corrected chi connectivity index (χ1v) is 5.97. The second kappa shape index (κ2) is 3.97. The van der Waals surface area contributed by atoms with Crippen LogP contribution in [0.4, 0.5) is 0 Å². The quantitative estimate of drug-likeness (QED) is 0.796. The van der Waals surface area contributed by atoms with Gasteiger partial charge >= 0.3 is 0 Å². The van der Waals surface area contributed by atoms with E-state index in [1.807, 2.05) is 0 Å². The van der Waals surface area contributed by atoms with Crippen molar-refractivity contribution in [1.29, 1.82) is 0 Å². The molecule has 1 aromatic rings. The molecule has 1 N–H and O–H groups in total. The third kappa shape index (κ3) is 2.07. The van der Waals surface area contributed by atoms with Gasteiger partial charge in [0, 0.05) is 18.0 Å². The third-order valence-corrected chi connectivity index (χ3v) is 3.55. The van der Waals surface area contributed by atoms with Gasteiger partial charge in [-0.25, -0.2) is 0 Å². The monoisotopic (exact) mass is 203 g/mol. The van der Waals surface area contributed by atoms with Crippen molar-refractivity contribution in [1.82, 2.24) is 5.32 Å². The van der Waals surface area contributed by atoms with Crippen molar-refractivity contribution in [2.24, 2.45) is 0 Å². The first-order valence-electron chi connectivity index (χ1n) is 5.97. The highest BCUT2D eigenvalue weighted by atomic mass is 15.1. The minimum Gasteiger partial charge on any atom is -0.310 e. The van der Waals surface area contributed by atoms with E-state index in [0.29, 0.717) is 5.92 Å². The predicted octanol–water partition coefficient (Wildman–Crippen LogP) is 3.10. The maximum Gasteiger partial charge on any atom is 0.0206 e. The molecule has 15 heavy (non-hydrogen) atoms. The first kappa shape index (κ1) is 10.7. The van der Waals surface area contributed by atoms with E-state index in [9.17, 15) is 0 Å². The maximum absolute atomic E-state index is 3.47. The Kier molecular flexibility index (Phi) is 2.83. The van der Waals surface area contributed by atoms with Gasteiger partial charge in [0.25, 0.3) is 0 Å². The molecule has 0 spiro atoms. The fraction of sp³-hybridized carbons (Fsp3) is 0.571. The van der Waals surface area contributed by atoms with Gasteiger partial charge in [-0.3, -0.25) is 0 Å². The van der Waals surface area contributed by atoms with E-state index in [2.05, 4.69) is 50.4 Å². The first-order chi connectivity index (χ1) is 7.13.